The molecule has 0 atom stereocenters. The lowest BCUT2D eigenvalue weighted by Crippen LogP contribution is -2.34. The number of halogens is 1. The number of aromatic nitrogens is 4. The Balaban J connectivity index is 1.64. The van der Waals surface area contributed by atoms with Crippen molar-refractivity contribution in [2.24, 2.45) is 7.05 Å². The standard InChI is InChI=1S/C19H22FN5O/c1-24-12-21-23-19(24)13-5-7-25(8-6-13)18-10-15(11-26-2)22-17-4-3-14(20)9-16(17)18/h3-4,9-10,12-13H,5-8,11H2,1-2H3. The number of anilines is 1. The monoisotopic (exact) mass is 355 g/mol. The Bertz CT molecular complexity index is 917. The van der Waals surface area contributed by atoms with E-state index in [0.717, 1.165) is 54.0 Å². The average molecular weight is 355 g/mol. The van der Waals surface area contributed by atoms with Gasteiger partial charge in [-0.1, -0.05) is 0 Å². The number of fused-ring (bicyclic) bond motifs is 1. The second-order valence-electron chi connectivity index (χ2n) is 6.79. The van der Waals surface area contributed by atoms with Crippen LogP contribution in [0.25, 0.3) is 10.9 Å². The Labute approximate surface area is 151 Å². The molecule has 3 aromatic rings. The van der Waals surface area contributed by atoms with Gasteiger partial charge in [0.15, 0.2) is 0 Å². The van der Waals surface area contributed by atoms with Crippen molar-refractivity contribution in [3.05, 3.63) is 47.9 Å². The van der Waals surface area contributed by atoms with Crippen molar-refractivity contribution in [1.29, 1.82) is 0 Å². The lowest BCUT2D eigenvalue weighted by atomic mass is 9.95. The number of methoxy groups -OCH3 is 1. The summed E-state index contributed by atoms with van der Waals surface area (Å²) in [5.41, 5.74) is 2.68. The quantitative estimate of drug-likeness (QED) is 0.720. The van der Waals surface area contributed by atoms with Gasteiger partial charge in [-0.2, -0.15) is 0 Å². The second kappa shape index (κ2) is 6.99. The molecule has 1 aromatic carbocycles. The van der Waals surface area contributed by atoms with E-state index in [1.54, 1.807) is 25.6 Å². The highest BCUT2D eigenvalue weighted by molar-refractivity contribution is 5.92. The second-order valence-corrected chi connectivity index (χ2v) is 6.79. The Morgan fingerprint density at radius 2 is 2.04 bits per heavy atom. The number of rotatable bonds is 4. The molecule has 26 heavy (non-hydrogen) atoms. The summed E-state index contributed by atoms with van der Waals surface area (Å²) in [6.45, 7) is 2.22. The minimum atomic E-state index is -0.242. The number of benzene rings is 1. The van der Waals surface area contributed by atoms with Crippen molar-refractivity contribution in [3.8, 4) is 0 Å². The third-order valence-corrected chi connectivity index (χ3v) is 5.04. The Morgan fingerprint density at radius 3 is 2.73 bits per heavy atom. The highest BCUT2D eigenvalue weighted by Gasteiger charge is 2.25. The molecule has 136 valence electrons. The van der Waals surface area contributed by atoms with Crippen LogP contribution in [-0.2, 0) is 18.4 Å². The van der Waals surface area contributed by atoms with Gasteiger partial charge in [-0.15, -0.1) is 10.2 Å². The van der Waals surface area contributed by atoms with E-state index in [2.05, 4.69) is 20.1 Å². The number of piperidine rings is 1. The van der Waals surface area contributed by atoms with Gasteiger partial charge in [-0.3, -0.25) is 4.98 Å². The summed E-state index contributed by atoms with van der Waals surface area (Å²) >= 11 is 0. The third-order valence-electron chi connectivity index (χ3n) is 5.04. The van der Waals surface area contributed by atoms with Gasteiger partial charge in [0.05, 0.1) is 17.8 Å². The van der Waals surface area contributed by atoms with Gasteiger partial charge >= 0.3 is 0 Å². The molecule has 0 spiro atoms. The third kappa shape index (κ3) is 3.14. The number of aryl methyl sites for hydroxylation is 1. The molecule has 3 heterocycles. The van der Waals surface area contributed by atoms with Crippen LogP contribution in [0.15, 0.2) is 30.6 Å². The maximum atomic E-state index is 13.8. The Kier molecular flexibility index (Phi) is 4.55. The van der Waals surface area contributed by atoms with Crippen LogP contribution in [0.2, 0.25) is 0 Å². The van der Waals surface area contributed by atoms with E-state index in [4.69, 9.17) is 4.74 Å². The van der Waals surface area contributed by atoms with Crippen molar-refractivity contribution < 1.29 is 9.13 Å². The average Bonchev–Trinajstić information content (AvgIpc) is 3.08. The molecular weight excluding hydrogens is 333 g/mol. The predicted octanol–water partition coefficient (Wildman–Crippen LogP) is 3.03. The van der Waals surface area contributed by atoms with Crippen molar-refractivity contribution in [3.63, 3.8) is 0 Å². The fraction of sp³-hybridized carbons (Fsp3) is 0.421. The van der Waals surface area contributed by atoms with Crippen LogP contribution >= 0.6 is 0 Å². The first-order chi connectivity index (χ1) is 12.7. The van der Waals surface area contributed by atoms with Crippen molar-refractivity contribution in [2.75, 3.05) is 25.1 Å². The zero-order valence-corrected chi connectivity index (χ0v) is 15.0. The molecule has 1 saturated heterocycles. The van der Waals surface area contributed by atoms with E-state index < -0.39 is 0 Å². The number of hydrogen-bond acceptors (Lipinski definition) is 5. The highest BCUT2D eigenvalue weighted by atomic mass is 19.1. The first-order valence-corrected chi connectivity index (χ1v) is 8.82. The molecule has 1 aliphatic heterocycles. The predicted molar refractivity (Wildman–Crippen MR) is 97.6 cm³/mol. The largest absolute Gasteiger partial charge is 0.378 e. The van der Waals surface area contributed by atoms with Gasteiger partial charge in [0.2, 0.25) is 0 Å². The molecule has 1 aliphatic rings. The molecule has 0 radical (unpaired) electrons. The van der Waals surface area contributed by atoms with E-state index in [1.807, 2.05) is 17.7 Å². The molecule has 0 aliphatic carbocycles. The van der Waals surface area contributed by atoms with Crippen LogP contribution in [0, 0.1) is 5.82 Å². The van der Waals surface area contributed by atoms with Crippen LogP contribution in [0.4, 0.5) is 10.1 Å². The van der Waals surface area contributed by atoms with Crippen LogP contribution in [-0.4, -0.2) is 39.9 Å². The van der Waals surface area contributed by atoms with E-state index >= 15 is 0 Å². The van der Waals surface area contributed by atoms with Crippen LogP contribution in [0.3, 0.4) is 0 Å². The summed E-state index contributed by atoms with van der Waals surface area (Å²) in [6.07, 6.45) is 3.73. The zero-order chi connectivity index (χ0) is 18.1. The number of ether oxygens (including phenoxy) is 1. The molecule has 0 saturated carbocycles. The van der Waals surface area contributed by atoms with Gasteiger partial charge in [-0.25, -0.2) is 4.39 Å². The minimum Gasteiger partial charge on any atom is -0.378 e. The molecule has 6 nitrogen and oxygen atoms in total. The first-order valence-electron chi connectivity index (χ1n) is 8.82. The molecular formula is C19H22FN5O. The molecule has 2 aromatic heterocycles. The SMILES string of the molecule is COCc1cc(N2CCC(c3nncn3C)CC2)c2cc(F)ccc2n1. The Hall–Kier alpha value is -2.54. The lowest BCUT2D eigenvalue weighted by Gasteiger charge is -2.34. The lowest BCUT2D eigenvalue weighted by molar-refractivity contribution is 0.182. The fourth-order valence-corrected chi connectivity index (χ4v) is 3.76. The van der Waals surface area contributed by atoms with Crippen molar-refractivity contribution in [2.45, 2.75) is 25.4 Å². The van der Waals surface area contributed by atoms with Gasteiger partial charge in [0.25, 0.3) is 0 Å². The Morgan fingerprint density at radius 1 is 1.23 bits per heavy atom. The number of hydrogen-bond donors (Lipinski definition) is 0. The summed E-state index contributed by atoms with van der Waals surface area (Å²) in [5, 5.41) is 9.10. The van der Waals surface area contributed by atoms with Crippen LogP contribution < -0.4 is 4.90 Å². The van der Waals surface area contributed by atoms with Gasteiger partial charge in [-0.05, 0) is 37.1 Å². The maximum Gasteiger partial charge on any atom is 0.135 e. The van der Waals surface area contributed by atoms with E-state index in [0.29, 0.717) is 12.5 Å². The molecule has 4 rings (SSSR count). The van der Waals surface area contributed by atoms with E-state index in [1.165, 1.54) is 6.07 Å². The van der Waals surface area contributed by atoms with Crippen LogP contribution in [0.1, 0.15) is 30.3 Å². The molecule has 7 heteroatoms. The van der Waals surface area contributed by atoms with Gasteiger partial charge < -0.3 is 14.2 Å². The van der Waals surface area contributed by atoms with E-state index in [9.17, 15) is 4.39 Å². The van der Waals surface area contributed by atoms with Crippen molar-refractivity contribution in [1.82, 2.24) is 19.7 Å². The summed E-state index contributed by atoms with van der Waals surface area (Å²) in [6, 6.07) is 6.78. The fourth-order valence-electron chi connectivity index (χ4n) is 3.76. The molecule has 0 amide bonds. The summed E-state index contributed by atoms with van der Waals surface area (Å²) in [5.74, 6) is 1.20. The number of nitrogens with zero attached hydrogens (tertiary/aromatic N) is 5. The first kappa shape index (κ1) is 16.9. The van der Waals surface area contributed by atoms with Crippen molar-refractivity contribution >= 4 is 16.6 Å². The van der Waals surface area contributed by atoms with Gasteiger partial charge in [0, 0.05) is 44.2 Å². The molecule has 1 fully saturated rings. The zero-order valence-electron chi connectivity index (χ0n) is 15.0. The highest BCUT2D eigenvalue weighted by Crippen LogP contribution is 2.33. The topological polar surface area (TPSA) is 56.1 Å². The van der Waals surface area contributed by atoms with E-state index in [-0.39, 0.29) is 5.82 Å². The van der Waals surface area contributed by atoms with Crippen LogP contribution in [0.5, 0.6) is 0 Å². The molecule has 0 unspecified atom stereocenters. The molecule has 0 bridgehead atoms. The molecule has 0 N–H and O–H groups in total. The smallest absolute Gasteiger partial charge is 0.135 e. The summed E-state index contributed by atoms with van der Waals surface area (Å²) in [4.78, 5) is 6.90. The minimum absolute atomic E-state index is 0.242. The summed E-state index contributed by atoms with van der Waals surface area (Å²) < 4.78 is 21.1. The maximum absolute atomic E-state index is 13.8. The summed E-state index contributed by atoms with van der Waals surface area (Å²) in [7, 11) is 3.64. The number of pyridine rings is 1. The van der Waals surface area contributed by atoms with Gasteiger partial charge in [0.1, 0.15) is 18.0 Å². The normalized spacial score (nSPS) is 15.7.